The van der Waals surface area contributed by atoms with Gasteiger partial charge < -0.3 is 20.0 Å². The lowest BCUT2D eigenvalue weighted by atomic mass is 10.1. The van der Waals surface area contributed by atoms with Crippen molar-refractivity contribution in [3.05, 3.63) is 24.5 Å². The molecule has 78 valence electrons. The maximum Gasteiger partial charge on any atom is 0.292 e. The molecule has 0 amide bonds. The molecule has 0 aliphatic carbocycles. The zero-order valence-corrected chi connectivity index (χ0v) is 8.10. The predicted molar refractivity (Wildman–Crippen MR) is 54.6 cm³/mol. The summed E-state index contributed by atoms with van der Waals surface area (Å²) >= 11 is 0. The molecular formula is C10H10N2O3. The van der Waals surface area contributed by atoms with E-state index in [0.717, 1.165) is 0 Å². The van der Waals surface area contributed by atoms with Crippen LogP contribution >= 0.6 is 0 Å². The lowest BCUT2D eigenvalue weighted by Gasteiger charge is -2.03. The van der Waals surface area contributed by atoms with E-state index in [2.05, 4.69) is 4.98 Å². The summed E-state index contributed by atoms with van der Waals surface area (Å²) in [4.78, 5) is 3.94. The SMILES string of the molecule is COc1ccc(-c2coc(N)n2)cc1O. The lowest BCUT2D eigenvalue weighted by molar-refractivity contribution is 0.373. The predicted octanol–water partition coefficient (Wildman–Crippen LogP) is 1.64. The third-order valence-corrected chi connectivity index (χ3v) is 2.00. The van der Waals surface area contributed by atoms with Gasteiger partial charge in [-0.2, -0.15) is 4.98 Å². The Balaban J connectivity index is 2.42. The van der Waals surface area contributed by atoms with E-state index in [-0.39, 0.29) is 11.8 Å². The topological polar surface area (TPSA) is 81.5 Å². The average molecular weight is 206 g/mol. The number of benzene rings is 1. The Kier molecular flexibility index (Phi) is 2.21. The van der Waals surface area contributed by atoms with Crippen LogP contribution in [-0.2, 0) is 0 Å². The van der Waals surface area contributed by atoms with Crippen LogP contribution < -0.4 is 10.5 Å². The Bertz CT molecular complexity index is 479. The fraction of sp³-hybridized carbons (Fsp3) is 0.100. The van der Waals surface area contributed by atoms with Crippen molar-refractivity contribution in [1.82, 2.24) is 4.98 Å². The lowest BCUT2D eigenvalue weighted by Crippen LogP contribution is -1.86. The molecule has 0 atom stereocenters. The molecule has 1 aromatic heterocycles. The molecule has 0 bridgehead atoms. The molecule has 15 heavy (non-hydrogen) atoms. The molecule has 0 spiro atoms. The fourth-order valence-corrected chi connectivity index (χ4v) is 1.27. The molecule has 0 unspecified atom stereocenters. The van der Waals surface area contributed by atoms with Crippen molar-refractivity contribution in [1.29, 1.82) is 0 Å². The van der Waals surface area contributed by atoms with Crippen LogP contribution in [0.15, 0.2) is 28.9 Å². The van der Waals surface area contributed by atoms with Gasteiger partial charge in [-0.05, 0) is 18.2 Å². The van der Waals surface area contributed by atoms with Crippen molar-refractivity contribution in [3.63, 3.8) is 0 Å². The van der Waals surface area contributed by atoms with Gasteiger partial charge in [0.2, 0.25) is 0 Å². The van der Waals surface area contributed by atoms with Crippen LogP contribution in [0.1, 0.15) is 0 Å². The number of phenolic OH excluding ortho intramolecular Hbond substituents is 1. The maximum atomic E-state index is 9.54. The Morgan fingerprint density at radius 1 is 1.47 bits per heavy atom. The summed E-state index contributed by atoms with van der Waals surface area (Å²) < 4.78 is 9.79. The molecule has 1 aromatic carbocycles. The number of nitrogens with zero attached hydrogens (tertiary/aromatic N) is 1. The summed E-state index contributed by atoms with van der Waals surface area (Å²) in [7, 11) is 1.49. The summed E-state index contributed by atoms with van der Waals surface area (Å²) in [5, 5.41) is 9.54. The highest BCUT2D eigenvalue weighted by Crippen LogP contribution is 2.30. The monoisotopic (exact) mass is 206 g/mol. The van der Waals surface area contributed by atoms with E-state index in [4.69, 9.17) is 14.9 Å². The number of ether oxygens (including phenoxy) is 1. The first-order valence-corrected chi connectivity index (χ1v) is 4.29. The van der Waals surface area contributed by atoms with Crippen molar-refractivity contribution in [2.75, 3.05) is 12.8 Å². The van der Waals surface area contributed by atoms with E-state index in [9.17, 15) is 5.11 Å². The van der Waals surface area contributed by atoms with E-state index in [0.29, 0.717) is 17.0 Å². The van der Waals surface area contributed by atoms with Crippen molar-refractivity contribution in [2.24, 2.45) is 0 Å². The van der Waals surface area contributed by atoms with Gasteiger partial charge in [0, 0.05) is 5.56 Å². The number of aromatic nitrogens is 1. The van der Waals surface area contributed by atoms with Crippen molar-refractivity contribution in [2.45, 2.75) is 0 Å². The fourth-order valence-electron chi connectivity index (χ4n) is 1.27. The summed E-state index contributed by atoms with van der Waals surface area (Å²) in [5.74, 6) is 0.465. The van der Waals surface area contributed by atoms with Crippen LogP contribution in [0.3, 0.4) is 0 Å². The number of methoxy groups -OCH3 is 1. The molecule has 2 rings (SSSR count). The molecule has 5 nitrogen and oxygen atoms in total. The van der Waals surface area contributed by atoms with Gasteiger partial charge >= 0.3 is 0 Å². The number of nitrogens with two attached hydrogens (primary N) is 1. The number of rotatable bonds is 2. The highest BCUT2D eigenvalue weighted by molar-refractivity contribution is 5.63. The second kappa shape index (κ2) is 3.53. The maximum absolute atomic E-state index is 9.54. The molecular weight excluding hydrogens is 196 g/mol. The van der Waals surface area contributed by atoms with Crippen LogP contribution in [0.4, 0.5) is 6.01 Å². The quantitative estimate of drug-likeness (QED) is 0.780. The van der Waals surface area contributed by atoms with E-state index >= 15 is 0 Å². The third-order valence-electron chi connectivity index (χ3n) is 2.00. The van der Waals surface area contributed by atoms with Crippen molar-refractivity contribution in [3.8, 4) is 22.8 Å². The van der Waals surface area contributed by atoms with Gasteiger partial charge in [-0.15, -0.1) is 0 Å². The molecule has 0 radical (unpaired) electrons. The number of oxazole rings is 1. The number of nitrogen functional groups attached to an aromatic ring is 1. The second-order valence-corrected chi connectivity index (χ2v) is 2.96. The van der Waals surface area contributed by atoms with Gasteiger partial charge in [0.1, 0.15) is 12.0 Å². The number of anilines is 1. The van der Waals surface area contributed by atoms with E-state index in [1.807, 2.05) is 0 Å². The Labute approximate surface area is 86.1 Å². The van der Waals surface area contributed by atoms with Gasteiger partial charge in [-0.3, -0.25) is 0 Å². The molecule has 3 N–H and O–H groups in total. The zero-order valence-electron chi connectivity index (χ0n) is 8.10. The minimum absolute atomic E-state index is 0.0524. The van der Waals surface area contributed by atoms with Gasteiger partial charge in [-0.1, -0.05) is 0 Å². The third kappa shape index (κ3) is 1.71. The van der Waals surface area contributed by atoms with E-state index < -0.39 is 0 Å². The average Bonchev–Trinajstić information content (AvgIpc) is 2.65. The molecule has 0 aliphatic rings. The van der Waals surface area contributed by atoms with Crippen LogP contribution in [0.25, 0.3) is 11.3 Å². The molecule has 0 saturated heterocycles. The smallest absolute Gasteiger partial charge is 0.292 e. The summed E-state index contributed by atoms with van der Waals surface area (Å²) in [6.45, 7) is 0. The highest BCUT2D eigenvalue weighted by atomic mass is 16.5. The standard InChI is InChI=1S/C10H10N2O3/c1-14-9-3-2-6(4-8(9)13)7-5-15-10(11)12-7/h2-5,13H,1H3,(H2,11,12). The van der Waals surface area contributed by atoms with Gasteiger partial charge in [0.15, 0.2) is 11.5 Å². The Morgan fingerprint density at radius 2 is 2.27 bits per heavy atom. The normalized spacial score (nSPS) is 10.2. The minimum Gasteiger partial charge on any atom is -0.504 e. The molecule has 0 fully saturated rings. The Morgan fingerprint density at radius 3 is 2.80 bits per heavy atom. The number of phenols is 1. The van der Waals surface area contributed by atoms with E-state index in [1.54, 1.807) is 12.1 Å². The first-order chi connectivity index (χ1) is 7.20. The first-order valence-electron chi connectivity index (χ1n) is 4.29. The van der Waals surface area contributed by atoms with Crippen LogP contribution in [-0.4, -0.2) is 17.2 Å². The number of aromatic hydroxyl groups is 1. The Hall–Kier alpha value is -2.17. The number of hydrogen-bond donors (Lipinski definition) is 2. The molecule has 0 aliphatic heterocycles. The van der Waals surface area contributed by atoms with Gasteiger partial charge in [-0.25, -0.2) is 0 Å². The summed E-state index contributed by atoms with van der Waals surface area (Å²) in [6.07, 6.45) is 1.43. The van der Waals surface area contributed by atoms with Crippen molar-refractivity contribution < 1.29 is 14.3 Å². The van der Waals surface area contributed by atoms with Crippen LogP contribution in [0.2, 0.25) is 0 Å². The first kappa shape index (κ1) is 9.39. The summed E-state index contributed by atoms with van der Waals surface area (Å²) in [6, 6.07) is 5.04. The van der Waals surface area contributed by atoms with Gasteiger partial charge in [0.05, 0.1) is 7.11 Å². The highest BCUT2D eigenvalue weighted by Gasteiger charge is 2.07. The minimum atomic E-state index is 0.0524. The van der Waals surface area contributed by atoms with Crippen LogP contribution in [0, 0.1) is 0 Å². The molecule has 0 saturated carbocycles. The number of hydrogen-bond acceptors (Lipinski definition) is 5. The van der Waals surface area contributed by atoms with Crippen LogP contribution in [0.5, 0.6) is 11.5 Å². The van der Waals surface area contributed by atoms with Crippen molar-refractivity contribution >= 4 is 6.01 Å². The second-order valence-electron chi connectivity index (χ2n) is 2.96. The molecule has 1 heterocycles. The van der Waals surface area contributed by atoms with Gasteiger partial charge in [0.25, 0.3) is 6.01 Å². The molecule has 5 heteroatoms. The summed E-state index contributed by atoms with van der Waals surface area (Å²) in [5.41, 5.74) is 6.64. The zero-order chi connectivity index (χ0) is 10.8. The van der Waals surface area contributed by atoms with E-state index in [1.165, 1.54) is 19.4 Å². The largest absolute Gasteiger partial charge is 0.504 e. The molecule has 2 aromatic rings.